The van der Waals surface area contributed by atoms with Crippen LogP contribution in [0.25, 0.3) is 21.9 Å². The summed E-state index contributed by atoms with van der Waals surface area (Å²) in [5.41, 5.74) is 2.02. The highest BCUT2D eigenvalue weighted by molar-refractivity contribution is 6.07. The number of carbonyl (C=O) groups is 1. The van der Waals surface area contributed by atoms with Crippen LogP contribution in [0.2, 0.25) is 0 Å². The Morgan fingerprint density at radius 2 is 1.94 bits per heavy atom. The van der Waals surface area contributed by atoms with E-state index in [2.05, 4.69) is 22.5 Å². The molecule has 2 N–H and O–H groups in total. The molecule has 7 heteroatoms. The number of rotatable bonds is 9. The van der Waals surface area contributed by atoms with E-state index in [0.717, 1.165) is 48.0 Å². The predicted molar refractivity (Wildman–Crippen MR) is 127 cm³/mol. The number of furan rings is 1. The number of fused-ring (bicyclic) bond motifs is 2. The lowest BCUT2D eigenvalue weighted by atomic mass is 10.1. The molecule has 1 amide bonds. The minimum absolute atomic E-state index is 0.0777. The van der Waals surface area contributed by atoms with E-state index in [1.54, 1.807) is 6.20 Å². The molecule has 4 aromatic rings. The van der Waals surface area contributed by atoms with E-state index in [1.807, 2.05) is 49.4 Å². The minimum atomic E-state index is -0.0777. The average Bonchev–Trinajstić information content (AvgIpc) is 3.56. The second kappa shape index (κ2) is 9.11. The van der Waals surface area contributed by atoms with Gasteiger partial charge in [-0.05, 0) is 56.6 Å². The average molecular weight is 446 g/mol. The Morgan fingerprint density at radius 3 is 2.76 bits per heavy atom. The summed E-state index contributed by atoms with van der Waals surface area (Å²) >= 11 is 0. The second-order valence-electron chi connectivity index (χ2n) is 8.23. The maximum atomic E-state index is 12.6. The smallest absolute Gasteiger partial charge is 0.255 e. The SMILES string of the molecule is CCNCCOc1ccc2c(Oc3ccc4c(C(=O)NC5CC5)c(C)oc4c3)ccnc2c1. The number of benzene rings is 2. The summed E-state index contributed by atoms with van der Waals surface area (Å²) in [7, 11) is 0. The number of aromatic nitrogens is 1. The molecule has 0 atom stereocenters. The number of nitrogens with one attached hydrogen (secondary N) is 2. The molecule has 1 fully saturated rings. The van der Waals surface area contributed by atoms with Crippen molar-refractivity contribution >= 4 is 27.8 Å². The first-order valence-corrected chi connectivity index (χ1v) is 11.4. The normalized spacial score (nSPS) is 13.4. The molecule has 1 saturated carbocycles. The molecule has 0 radical (unpaired) electrons. The zero-order chi connectivity index (χ0) is 22.8. The Bertz CT molecular complexity index is 1310. The minimum Gasteiger partial charge on any atom is -0.492 e. The van der Waals surface area contributed by atoms with Gasteiger partial charge in [0.25, 0.3) is 5.91 Å². The van der Waals surface area contributed by atoms with E-state index in [4.69, 9.17) is 13.9 Å². The van der Waals surface area contributed by atoms with Gasteiger partial charge in [-0.1, -0.05) is 6.92 Å². The fraction of sp³-hybridized carbons (Fsp3) is 0.308. The first kappa shape index (κ1) is 21.3. The van der Waals surface area contributed by atoms with Gasteiger partial charge in [-0.25, -0.2) is 0 Å². The lowest BCUT2D eigenvalue weighted by Crippen LogP contribution is -2.25. The van der Waals surface area contributed by atoms with Crippen LogP contribution in [-0.2, 0) is 0 Å². The monoisotopic (exact) mass is 445 g/mol. The van der Waals surface area contributed by atoms with Gasteiger partial charge in [0.05, 0.1) is 11.1 Å². The van der Waals surface area contributed by atoms with Gasteiger partial charge in [-0.15, -0.1) is 0 Å². The van der Waals surface area contributed by atoms with Crippen molar-refractivity contribution in [3.63, 3.8) is 0 Å². The third-order valence-electron chi connectivity index (χ3n) is 5.68. The molecule has 7 nitrogen and oxygen atoms in total. The number of aryl methyl sites for hydroxylation is 1. The van der Waals surface area contributed by atoms with Crippen LogP contribution in [0.1, 0.15) is 35.9 Å². The molecule has 0 spiro atoms. The number of ether oxygens (including phenoxy) is 2. The lowest BCUT2D eigenvalue weighted by Gasteiger charge is -2.11. The molecule has 0 unspecified atom stereocenters. The molecule has 2 aromatic carbocycles. The van der Waals surface area contributed by atoms with E-state index in [-0.39, 0.29) is 5.91 Å². The molecular weight excluding hydrogens is 418 g/mol. The predicted octanol–water partition coefficient (Wildman–Crippen LogP) is 4.96. The Labute approximate surface area is 192 Å². The number of likely N-dealkylation sites (N-methyl/N-ethyl adjacent to an activating group) is 1. The number of amides is 1. The molecule has 170 valence electrons. The summed E-state index contributed by atoms with van der Waals surface area (Å²) in [6.45, 7) is 6.19. The quantitative estimate of drug-likeness (QED) is 0.354. The van der Waals surface area contributed by atoms with Gasteiger partial charge in [0.2, 0.25) is 0 Å². The van der Waals surface area contributed by atoms with Gasteiger partial charge in [-0.2, -0.15) is 0 Å². The zero-order valence-corrected chi connectivity index (χ0v) is 18.8. The fourth-order valence-corrected chi connectivity index (χ4v) is 3.86. The number of nitrogens with zero attached hydrogens (tertiary/aromatic N) is 1. The second-order valence-corrected chi connectivity index (χ2v) is 8.23. The van der Waals surface area contributed by atoms with Crippen LogP contribution in [0, 0.1) is 6.92 Å². The van der Waals surface area contributed by atoms with Crippen LogP contribution in [0.15, 0.2) is 53.1 Å². The van der Waals surface area contributed by atoms with Crippen molar-refractivity contribution < 1.29 is 18.7 Å². The van der Waals surface area contributed by atoms with E-state index < -0.39 is 0 Å². The van der Waals surface area contributed by atoms with Crippen molar-refractivity contribution in [3.05, 3.63) is 60.0 Å². The van der Waals surface area contributed by atoms with Crippen molar-refractivity contribution in [2.75, 3.05) is 19.7 Å². The van der Waals surface area contributed by atoms with Gasteiger partial charge in [0.1, 0.15) is 35.2 Å². The number of carbonyl (C=O) groups excluding carboxylic acids is 1. The number of hydrogen-bond donors (Lipinski definition) is 2. The molecule has 2 heterocycles. The fourth-order valence-electron chi connectivity index (χ4n) is 3.86. The molecular formula is C26H27N3O4. The summed E-state index contributed by atoms with van der Waals surface area (Å²) < 4.78 is 17.9. The van der Waals surface area contributed by atoms with Crippen LogP contribution in [0.4, 0.5) is 0 Å². The van der Waals surface area contributed by atoms with E-state index in [1.165, 1.54) is 0 Å². The maximum Gasteiger partial charge on any atom is 0.255 e. The van der Waals surface area contributed by atoms with E-state index in [9.17, 15) is 4.79 Å². The highest BCUT2D eigenvalue weighted by atomic mass is 16.5. The summed E-state index contributed by atoms with van der Waals surface area (Å²) in [5.74, 6) is 2.62. The van der Waals surface area contributed by atoms with Gasteiger partial charge < -0.3 is 24.5 Å². The third-order valence-corrected chi connectivity index (χ3v) is 5.68. The standard InChI is InChI=1S/C26H27N3O4/c1-3-27-12-13-31-18-6-8-20-22(14-18)28-11-10-23(20)33-19-7-9-21-24(15-19)32-16(2)25(21)26(30)29-17-4-5-17/h6-11,14-15,17,27H,3-5,12-13H2,1-2H3,(H,29,30). The van der Waals surface area contributed by atoms with E-state index >= 15 is 0 Å². The van der Waals surface area contributed by atoms with Crippen LogP contribution in [-0.4, -0.2) is 36.6 Å². The lowest BCUT2D eigenvalue weighted by molar-refractivity contribution is 0.0951. The molecule has 0 aliphatic heterocycles. The maximum absolute atomic E-state index is 12.6. The highest BCUT2D eigenvalue weighted by Crippen LogP contribution is 2.34. The largest absolute Gasteiger partial charge is 0.492 e. The van der Waals surface area contributed by atoms with E-state index in [0.29, 0.717) is 41.1 Å². The van der Waals surface area contributed by atoms with Crippen molar-refractivity contribution in [2.45, 2.75) is 32.7 Å². The summed E-state index contributed by atoms with van der Waals surface area (Å²) in [6, 6.07) is 13.5. The van der Waals surface area contributed by atoms with Crippen LogP contribution in [0.5, 0.6) is 17.2 Å². The van der Waals surface area contributed by atoms with Crippen molar-refractivity contribution in [1.29, 1.82) is 0 Å². The first-order chi connectivity index (χ1) is 16.1. The van der Waals surface area contributed by atoms with Crippen LogP contribution < -0.4 is 20.1 Å². The van der Waals surface area contributed by atoms with Gasteiger partial charge in [0.15, 0.2) is 0 Å². The molecule has 1 aliphatic rings. The molecule has 5 rings (SSSR count). The summed E-state index contributed by atoms with van der Waals surface area (Å²) in [4.78, 5) is 17.1. The van der Waals surface area contributed by atoms with Crippen LogP contribution in [0.3, 0.4) is 0 Å². The Balaban J connectivity index is 1.37. The molecule has 0 saturated heterocycles. The third kappa shape index (κ3) is 4.64. The topological polar surface area (TPSA) is 85.6 Å². The van der Waals surface area contributed by atoms with Crippen LogP contribution >= 0.6 is 0 Å². The number of hydrogen-bond acceptors (Lipinski definition) is 6. The van der Waals surface area contributed by atoms with Gasteiger partial charge >= 0.3 is 0 Å². The van der Waals surface area contributed by atoms with Gasteiger partial charge in [-0.3, -0.25) is 9.78 Å². The van der Waals surface area contributed by atoms with Crippen molar-refractivity contribution in [3.8, 4) is 17.2 Å². The first-order valence-electron chi connectivity index (χ1n) is 11.4. The van der Waals surface area contributed by atoms with Gasteiger partial charge in [0, 0.05) is 41.7 Å². The summed E-state index contributed by atoms with van der Waals surface area (Å²) in [5, 5.41) is 7.95. The summed E-state index contributed by atoms with van der Waals surface area (Å²) in [6.07, 6.45) is 3.81. The number of pyridine rings is 1. The molecule has 0 bridgehead atoms. The Kier molecular flexibility index (Phi) is 5.88. The zero-order valence-electron chi connectivity index (χ0n) is 18.8. The molecule has 1 aliphatic carbocycles. The highest BCUT2D eigenvalue weighted by Gasteiger charge is 2.27. The molecule has 33 heavy (non-hydrogen) atoms. The van der Waals surface area contributed by atoms with Crippen molar-refractivity contribution in [1.82, 2.24) is 15.6 Å². The molecule has 2 aromatic heterocycles. The Morgan fingerprint density at radius 1 is 1.12 bits per heavy atom. The Hall–Kier alpha value is -3.58. The van der Waals surface area contributed by atoms with Crippen molar-refractivity contribution in [2.24, 2.45) is 0 Å².